The highest BCUT2D eigenvalue weighted by molar-refractivity contribution is 6.26. The number of rotatable bonds is 3. The zero-order valence-electron chi connectivity index (χ0n) is 11.6. The summed E-state index contributed by atoms with van der Waals surface area (Å²) in [6.07, 6.45) is 0.894. The lowest BCUT2D eigenvalue weighted by molar-refractivity contribution is 0.0255. The Kier molecular flexibility index (Phi) is 3.85. The second kappa shape index (κ2) is 5.08. The fourth-order valence-corrected chi connectivity index (χ4v) is 3.05. The number of nitrogens with zero attached hydrogens (tertiary/aromatic N) is 3. The van der Waals surface area contributed by atoms with Gasteiger partial charge in [-0.25, -0.2) is 5.01 Å². The third kappa shape index (κ3) is 1.91. The van der Waals surface area contributed by atoms with Crippen LogP contribution in [0, 0.1) is 0 Å². The lowest BCUT2D eigenvalue weighted by atomic mass is 10.1. The highest BCUT2D eigenvalue weighted by atomic mass is 35.5. The summed E-state index contributed by atoms with van der Waals surface area (Å²) >= 11 is 6.92. The van der Waals surface area contributed by atoms with Gasteiger partial charge in [0.15, 0.2) is 0 Å². The van der Waals surface area contributed by atoms with Gasteiger partial charge >= 0.3 is 0 Å². The molecule has 0 N–H and O–H groups in total. The van der Waals surface area contributed by atoms with Gasteiger partial charge in [-0.2, -0.15) is 5.12 Å². The molecular formula is C14H22ClN3. The standard InChI is InChI=1S/C14H22ClN3/c1-5-14(15)12(3)16(4)17(6-2)18(14)13-10-8-7-9-11-13/h7-12H,5-6H2,1-4H3. The van der Waals surface area contributed by atoms with Crippen LogP contribution in [0.1, 0.15) is 27.2 Å². The van der Waals surface area contributed by atoms with Crippen LogP contribution in [0.5, 0.6) is 0 Å². The Balaban J connectivity index is 2.46. The molecule has 0 radical (unpaired) electrons. The maximum atomic E-state index is 6.92. The second-order valence-corrected chi connectivity index (χ2v) is 5.41. The molecule has 0 saturated carbocycles. The first-order chi connectivity index (χ1) is 8.56. The van der Waals surface area contributed by atoms with E-state index in [0.29, 0.717) is 0 Å². The molecule has 0 aliphatic carbocycles. The monoisotopic (exact) mass is 267 g/mol. The summed E-state index contributed by atoms with van der Waals surface area (Å²) in [5.74, 6) is 0. The van der Waals surface area contributed by atoms with E-state index in [1.807, 2.05) is 6.07 Å². The van der Waals surface area contributed by atoms with Crippen molar-refractivity contribution in [1.29, 1.82) is 0 Å². The van der Waals surface area contributed by atoms with Gasteiger partial charge in [-0.15, -0.1) is 0 Å². The molecule has 0 spiro atoms. The molecule has 1 saturated heterocycles. The van der Waals surface area contributed by atoms with Gasteiger partial charge in [-0.3, -0.25) is 5.01 Å². The molecule has 1 aliphatic heterocycles. The molecule has 1 aromatic rings. The van der Waals surface area contributed by atoms with Crippen LogP contribution in [0.15, 0.2) is 30.3 Å². The number of hydrogen-bond acceptors (Lipinski definition) is 3. The van der Waals surface area contributed by atoms with Crippen molar-refractivity contribution in [2.24, 2.45) is 0 Å². The minimum Gasteiger partial charge on any atom is -0.270 e. The van der Waals surface area contributed by atoms with Crippen molar-refractivity contribution >= 4 is 17.3 Å². The number of benzene rings is 1. The number of alkyl halides is 1. The van der Waals surface area contributed by atoms with E-state index in [0.717, 1.165) is 18.7 Å². The zero-order chi connectivity index (χ0) is 13.3. The van der Waals surface area contributed by atoms with E-state index in [9.17, 15) is 0 Å². The summed E-state index contributed by atoms with van der Waals surface area (Å²) in [5, 5.41) is 6.67. The molecule has 0 aromatic heterocycles. The third-order valence-electron chi connectivity index (χ3n) is 3.93. The van der Waals surface area contributed by atoms with E-state index in [4.69, 9.17) is 11.6 Å². The quantitative estimate of drug-likeness (QED) is 0.614. The van der Waals surface area contributed by atoms with Crippen LogP contribution in [-0.4, -0.2) is 34.8 Å². The van der Waals surface area contributed by atoms with E-state index >= 15 is 0 Å². The summed E-state index contributed by atoms with van der Waals surface area (Å²) in [6.45, 7) is 7.39. The van der Waals surface area contributed by atoms with Crippen LogP contribution >= 0.6 is 11.6 Å². The molecule has 2 unspecified atom stereocenters. The fourth-order valence-electron chi connectivity index (χ4n) is 2.72. The number of likely N-dealkylation sites (N-methyl/N-ethyl adjacent to an activating group) is 1. The molecule has 1 aliphatic rings. The molecule has 4 heteroatoms. The molecule has 18 heavy (non-hydrogen) atoms. The van der Waals surface area contributed by atoms with Crippen molar-refractivity contribution in [2.75, 3.05) is 18.6 Å². The van der Waals surface area contributed by atoms with Crippen molar-refractivity contribution in [3.63, 3.8) is 0 Å². The van der Waals surface area contributed by atoms with Gasteiger partial charge in [0.25, 0.3) is 0 Å². The molecular weight excluding hydrogens is 246 g/mol. The minimum atomic E-state index is -0.383. The van der Waals surface area contributed by atoms with Crippen LogP contribution < -0.4 is 5.01 Å². The molecule has 3 nitrogen and oxygen atoms in total. The first kappa shape index (κ1) is 13.7. The summed E-state index contributed by atoms with van der Waals surface area (Å²) in [5.41, 5.74) is 1.15. The van der Waals surface area contributed by atoms with Crippen molar-refractivity contribution in [2.45, 2.75) is 38.2 Å². The molecule has 2 rings (SSSR count). The SMILES string of the molecule is CCN1N(C)C(C)C(Cl)(CC)N1c1ccccc1. The molecule has 1 aromatic carbocycles. The van der Waals surface area contributed by atoms with E-state index in [1.165, 1.54) is 0 Å². The topological polar surface area (TPSA) is 9.72 Å². The molecule has 1 heterocycles. The number of para-hydroxylation sites is 1. The van der Waals surface area contributed by atoms with Gasteiger partial charge in [0.1, 0.15) is 5.00 Å². The van der Waals surface area contributed by atoms with E-state index in [1.54, 1.807) is 0 Å². The Bertz CT molecular complexity index is 397. The Morgan fingerprint density at radius 2 is 1.83 bits per heavy atom. The Morgan fingerprint density at radius 3 is 2.33 bits per heavy atom. The van der Waals surface area contributed by atoms with Crippen LogP contribution in [-0.2, 0) is 0 Å². The fraction of sp³-hybridized carbons (Fsp3) is 0.571. The Morgan fingerprint density at radius 1 is 1.22 bits per heavy atom. The lowest BCUT2D eigenvalue weighted by Gasteiger charge is -2.38. The number of anilines is 1. The predicted octanol–water partition coefficient (Wildman–Crippen LogP) is 3.32. The van der Waals surface area contributed by atoms with Crippen LogP contribution in [0.4, 0.5) is 5.69 Å². The molecule has 2 atom stereocenters. The van der Waals surface area contributed by atoms with Gasteiger partial charge in [0.05, 0.1) is 11.7 Å². The summed E-state index contributed by atoms with van der Waals surface area (Å²) in [6, 6.07) is 10.6. The third-order valence-corrected chi connectivity index (χ3v) is 4.67. The first-order valence-electron chi connectivity index (χ1n) is 6.60. The van der Waals surface area contributed by atoms with Gasteiger partial charge in [-0.05, 0) is 32.4 Å². The Hall–Kier alpha value is -0.770. The number of hydrogen-bond donors (Lipinski definition) is 0. The van der Waals surface area contributed by atoms with E-state index in [2.05, 4.69) is 67.2 Å². The second-order valence-electron chi connectivity index (χ2n) is 4.76. The van der Waals surface area contributed by atoms with Gasteiger partial charge < -0.3 is 0 Å². The first-order valence-corrected chi connectivity index (χ1v) is 6.98. The average molecular weight is 268 g/mol. The Labute approximate surface area is 115 Å². The van der Waals surface area contributed by atoms with Crippen molar-refractivity contribution in [3.8, 4) is 0 Å². The summed E-state index contributed by atoms with van der Waals surface area (Å²) < 4.78 is 0. The lowest BCUT2D eigenvalue weighted by Crippen LogP contribution is -2.49. The van der Waals surface area contributed by atoms with Crippen LogP contribution in [0.3, 0.4) is 0 Å². The van der Waals surface area contributed by atoms with Gasteiger partial charge in [-0.1, -0.05) is 36.7 Å². The average Bonchev–Trinajstić information content (AvgIpc) is 2.61. The van der Waals surface area contributed by atoms with Crippen molar-refractivity contribution in [3.05, 3.63) is 30.3 Å². The van der Waals surface area contributed by atoms with E-state index in [-0.39, 0.29) is 11.0 Å². The van der Waals surface area contributed by atoms with E-state index < -0.39 is 0 Å². The normalized spacial score (nSPS) is 30.1. The number of hydrazine groups is 2. The van der Waals surface area contributed by atoms with Crippen molar-refractivity contribution < 1.29 is 0 Å². The number of halogens is 1. The zero-order valence-corrected chi connectivity index (χ0v) is 12.4. The largest absolute Gasteiger partial charge is 0.270 e. The molecule has 100 valence electrons. The minimum absolute atomic E-state index is 0.268. The molecule has 0 bridgehead atoms. The van der Waals surface area contributed by atoms with Crippen LogP contribution in [0.2, 0.25) is 0 Å². The van der Waals surface area contributed by atoms with Crippen LogP contribution in [0.25, 0.3) is 0 Å². The molecule has 1 fully saturated rings. The van der Waals surface area contributed by atoms with Gasteiger partial charge in [0, 0.05) is 13.6 Å². The highest BCUT2D eigenvalue weighted by Crippen LogP contribution is 2.42. The van der Waals surface area contributed by atoms with Crippen molar-refractivity contribution in [1.82, 2.24) is 10.1 Å². The highest BCUT2D eigenvalue weighted by Gasteiger charge is 2.51. The smallest absolute Gasteiger partial charge is 0.147 e. The maximum absolute atomic E-state index is 6.92. The predicted molar refractivity (Wildman–Crippen MR) is 77.4 cm³/mol. The maximum Gasteiger partial charge on any atom is 0.147 e. The molecule has 0 amide bonds. The van der Waals surface area contributed by atoms with Gasteiger partial charge in [0.2, 0.25) is 0 Å². The summed E-state index contributed by atoms with van der Waals surface area (Å²) in [7, 11) is 2.10. The summed E-state index contributed by atoms with van der Waals surface area (Å²) in [4.78, 5) is -0.383.